The normalized spacial score (nSPS) is 17.5. The van der Waals surface area contributed by atoms with E-state index in [4.69, 9.17) is 4.74 Å². The van der Waals surface area contributed by atoms with Crippen molar-refractivity contribution in [1.82, 2.24) is 15.5 Å². The third-order valence-electron chi connectivity index (χ3n) is 3.31. The van der Waals surface area contributed by atoms with Crippen LogP contribution in [-0.2, 0) is 0 Å². The minimum atomic E-state index is 0.348. The first-order valence-electron chi connectivity index (χ1n) is 6.15. The highest BCUT2D eigenvalue weighted by atomic mass is 16.5. The molecule has 1 fully saturated rings. The number of fused-ring (bicyclic) bond motifs is 1. The summed E-state index contributed by atoms with van der Waals surface area (Å²) >= 11 is 0. The van der Waals surface area contributed by atoms with Gasteiger partial charge in [0.1, 0.15) is 11.9 Å². The van der Waals surface area contributed by atoms with Crippen molar-refractivity contribution in [3.63, 3.8) is 0 Å². The monoisotopic (exact) mass is 231 g/mol. The minimum Gasteiger partial charge on any atom is -0.490 e. The molecule has 0 atom stereocenters. The van der Waals surface area contributed by atoms with Crippen LogP contribution < -0.4 is 10.1 Å². The van der Waals surface area contributed by atoms with Gasteiger partial charge in [-0.2, -0.15) is 5.10 Å². The van der Waals surface area contributed by atoms with Gasteiger partial charge < -0.3 is 10.1 Å². The van der Waals surface area contributed by atoms with Crippen LogP contribution >= 0.6 is 0 Å². The molecule has 1 saturated heterocycles. The van der Waals surface area contributed by atoms with E-state index < -0.39 is 0 Å². The number of aromatic amines is 1. The molecule has 1 aliphatic heterocycles. The minimum absolute atomic E-state index is 0.348. The molecular weight excluding hydrogens is 214 g/mol. The Hall–Kier alpha value is -1.55. The van der Waals surface area contributed by atoms with Gasteiger partial charge in [-0.25, -0.2) is 0 Å². The Morgan fingerprint density at radius 1 is 1.29 bits per heavy atom. The second-order valence-corrected chi connectivity index (χ2v) is 4.59. The van der Waals surface area contributed by atoms with Crippen molar-refractivity contribution < 1.29 is 4.74 Å². The number of hydrogen-bond donors (Lipinski definition) is 2. The van der Waals surface area contributed by atoms with E-state index in [1.807, 2.05) is 19.1 Å². The quantitative estimate of drug-likeness (QED) is 0.831. The number of ether oxygens (including phenoxy) is 1. The average molecular weight is 231 g/mol. The van der Waals surface area contributed by atoms with Gasteiger partial charge >= 0.3 is 0 Å². The van der Waals surface area contributed by atoms with E-state index in [0.717, 1.165) is 48.3 Å². The Kier molecular flexibility index (Phi) is 2.73. The van der Waals surface area contributed by atoms with Crippen LogP contribution in [0.3, 0.4) is 0 Å². The number of benzene rings is 1. The summed E-state index contributed by atoms with van der Waals surface area (Å²) in [5.74, 6) is 0.953. The zero-order valence-corrected chi connectivity index (χ0v) is 9.99. The molecule has 4 heteroatoms. The van der Waals surface area contributed by atoms with Crippen LogP contribution in [0.1, 0.15) is 18.5 Å². The number of aryl methyl sites for hydroxylation is 1. The molecule has 1 aliphatic rings. The topological polar surface area (TPSA) is 49.9 Å². The number of nitrogens with one attached hydrogen (secondary N) is 2. The maximum atomic E-state index is 6.01. The third kappa shape index (κ3) is 2.13. The fourth-order valence-electron chi connectivity index (χ4n) is 2.30. The lowest BCUT2D eigenvalue weighted by atomic mass is 10.1. The second kappa shape index (κ2) is 4.37. The molecule has 3 rings (SSSR count). The summed E-state index contributed by atoms with van der Waals surface area (Å²) in [5.41, 5.74) is 2.09. The summed E-state index contributed by atoms with van der Waals surface area (Å²) in [6.07, 6.45) is 2.52. The zero-order valence-electron chi connectivity index (χ0n) is 9.99. The molecule has 0 bridgehead atoms. The van der Waals surface area contributed by atoms with Crippen molar-refractivity contribution in [2.45, 2.75) is 25.9 Å². The first-order valence-corrected chi connectivity index (χ1v) is 6.15. The van der Waals surface area contributed by atoms with Gasteiger partial charge in [0.15, 0.2) is 0 Å². The highest BCUT2D eigenvalue weighted by molar-refractivity contribution is 5.82. The van der Waals surface area contributed by atoms with E-state index >= 15 is 0 Å². The van der Waals surface area contributed by atoms with Gasteiger partial charge in [0, 0.05) is 11.1 Å². The summed E-state index contributed by atoms with van der Waals surface area (Å²) in [7, 11) is 0. The van der Waals surface area contributed by atoms with E-state index in [0.29, 0.717) is 6.10 Å². The molecule has 4 nitrogen and oxygen atoms in total. The van der Waals surface area contributed by atoms with Crippen molar-refractivity contribution in [2.75, 3.05) is 13.1 Å². The summed E-state index contributed by atoms with van der Waals surface area (Å²) in [6.45, 7) is 4.14. The Morgan fingerprint density at radius 2 is 2.12 bits per heavy atom. The van der Waals surface area contributed by atoms with Gasteiger partial charge in [0.25, 0.3) is 0 Å². The van der Waals surface area contributed by atoms with Crippen LogP contribution in [0.15, 0.2) is 18.2 Å². The highest BCUT2D eigenvalue weighted by Crippen LogP contribution is 2.23. The largest absolute Gasteiger partial charge is 0.490 e. The van der Waals surface area contributed by atoms with Gasteiger partial charge in [-0.05, 0) is 51.1 Å². The molecule has 1 aromatic carbocycles. The molecular formula is C13H17N3O. The molecule has 0 aliphatic carbocycles. The average Bonchev–Trinajstić information content (AvgIpc) is 2.73. The van der Waals surface area contributed by atoms with Crippen LogP contribution in [0, 0.1) is 6.92 Å². The smallest absolute Gasteiger partial charge is 0.120 e. The Balaban J connectivity index is 1.82. The van der Waals surface area contributed by atoms with Crippen LogP contribution in [0.4, 0.5) is 0 Å². The number of aromatic nitrogens is 2. The number of nitrogens with zero attached hydrogens (tertiary/aromatic N) is 1. The molecule has 0 amide bonds. The first-order chi connectivity index (χ1) is 8.33. The molecule has 2 aromatic rings. The lowest BCUT2D eigenvalue weighted by Crippen LogP contribution is -2.34. The zero-order chi connectivity index (χ0) is 11.7. The number of piperidine rings is 1. The van der Waals surface area contributed by atoms with Gasteiger partial charge in [-0.15, -0.1) is 0 Å². The Labute approximate surface area is 100 Å². The summed E-state index contributed by atoms with van der Waals surface area (Å²) in [6, 6.07) is 6.09. The Bertz CT molecular complexity index is 514. The van der Waals surface area contributed by atoms with Crippen molar-refractivity contribution in [1.29, 1.82) is 0 Å². The molecule has 0 saturated carbocycles. The summed E-state index contributed by atoms with van der Waals surface area (Å²) in [5, 5.41) is 11.7. The van der Waals surface area contributed by atoms with Crippen LogP contribution in [-0.4, -0.2) is 29.4 Å². The number of H-pyrrole nitrogens is 1. The molecule has 17 heavy (non-hydrogen) atoms. The first kappa shape index (κ1) is 10.6. The fraction of sp³-hybridized carbons (Fsp3) is 0.462. The highest BCUT2D eigenvalue weighted by Gasteiger charge is 2.14. The Morgan fingerprint density at radius 3 is 2.94 bits per heavy atom. The number of rotatable bonds is 2. The van der Waals surface area contributed by atoms with Crippen LogP contribution in [0.2, 0.25) is 0 Å². The van der Waals surface area contributed by atoms with E-state index in [-0.39, 0.29) is 0 Å². The molecule has 1 aromatic heterocycles. The maximum absolute atomic E-state index is 6.01. The van der Waals surface area contributed by atoms with Crippen LogP contribution in [0.25, 0.3) is 10.9 Å². The third-order valence-corrected chi connectivity index (χ3v) is 3.31. The second-order valence-electron chi connectivity index (χ2n) is 4.59. The summed E-state index contributed by atoms with van der Waals surface area (Å²) < 4.78 is 6.01. The van der Waals surface area contributed by atoms with E-state index in [1.165, 1.54) is 0 Å². The molecule has 2 N–H and O–H groups in total. The number of hydrogen-bond acceptors (Lipinski definition) is 3. The van der Waals surface area contributed by atoms with Gasteiger partial charge in [0.2, 0.25) is 0 Å². The van der Waals surface area contributed by atoms with Crippen molar-refractivity contribution in [2.24, 2.45) is 0 Å². The van der Waals surface area contributed by atoms with E-state index in [2.05, 4.69) is 21.6 Å². The van der Waals surface area contributed by atoms with Crippen molar-refractivity contribution >= 4 is 10.9 Å². The van der Waals surface area contributed by atoms with E-state index in [1.54, 1.807) is 0 Å². The van der Waals surface area contributed by atoms with Crippen molar-refractivity contribution in [3.05, 3.63) is 23.9 Å². The van der Waals surface area contributed by atoms with E-state index in [9.17, 15) is 0 Å². The molecule has 0 spiro atoms. The predicted molar refractivity (Wildman–Crippen MR) is 67.4 cm³/mol. The molecule has 0 unspecified atom stereocenters. The fourth-order valence-corrected chi connectivity index (χ4v) is 2.30. The summed E-state index contributed by atoms with van der Waals surface area (Å²) in [4.78, 5) is 0. The van der Waals surface area contributed by atoms with Gasteiger partial charge in [-0.1, -0.05) is 0 Å². The maximum Gasteiger partial charge on any atom is 0.120 e. The molecule has 0 radical (unpaired) electrons. The van der Waals surface area contributed by atoms with Crippen LogP contribution in [0.5, 0.6) is 5.75 Å². The predicted octanol–water partition coefficient (Wildman–Crippen LogP) is 2.00. The standard InChI is InChI=1S/C13H17N3O/c1-9-12-8-11(2-3-13(12)16-15-9)17-10-4-6-14-7-5-10/h2-3,8,10,14H,4-7H2,1H3,(H,15,16). The van der Waals surface area contributed by atoms with Gasteiger partial charge in [-0.3, -0.25) is 5.10 Å². The molecule has 90 valence electrons. The molecule has 2 heterocycles. The SMILES string of the molecule is Cc1[nH]nc2ccc(OC3CCNCC3)cc12. The lowest BCUT2D eigenvalue weighted by Gasteiger charge is -2.23. The van der Waals surface area contributed by atoms with Gasteiger partial charge in [0.05, 0.1) is 5.52 Å². The lowest BCUT2D eigenvalue weighted by molar-refractivity contribution is 0.162. The van der Waals surface area contributed by atoms with Crippen molar-refractivity contribution in [3.8, 4) is 5.75 Å².